The first-order valence-electron chi connectivity index (χ1n) is 3.46. The molecule has 0 aliphatic heterocycles. The van der Waals surface area contributed by atoms with Gasteiger partial charge in [0.05, 0.1) is 0 Å². The predicted octanol–water partition coefficient (Wildman–Crippen LogP) is -0.803. The van der Waals surface area contributed by atoms with Crippen molar-refractivity contribution in [3.8, 4) is 11.5 Å². The molecule has 1 aromatic carbocycles. The predicted molar refractivity (Wildman–Crippen MR) is 58.0 cm³/mol. The number of rotatable bonds is 2. The van der Waals surface area contributed by atoms with E-state index in [9.17, 15) is 9.59 Å². The van der Waals surface area contributed by atoms with Crippen molar-refractivity contribution < 1.29 is 30.0 Å². The Balaban J connectivity index is 0. The van der Waals surface area contributed by atoms with E-state index >= 15 is 0 Å². The molecule has 1 rings (SSSR count). The summed E-state index contributed by atoms with van der Waals surface area (Å²) in [6, 6.07) is 1.81. The number of hydrogen-bond donors (Lipinski definition) is 4. The van der Waals surface area contributed by atoms with Crippen LogP contribution in [0.1, 0.15) is 20.7 Å². The zero-order valence-corrected chi connectivity index (χ0v) is 6.76. The number of carboxylic acid groups (broad SMARTS) is 2. The van der Waals surface area contributed by atoms with Gasteiger partial charge in [-0.15, -0.1) is 0 Å². The molecule has 0 atom stereocenters. The molecule has 0 fully saturated rings. The Morgan fingerprint density at radius 3 is 1.25 bits per heavy atom. The van der Waals surface area contributed by atoms with Gasteiger partial charge < -0.3 is 20.4 Å². The maximum atomic E-state index is 10.4. The van der Waals surface area contributed by atoms with Crippen LogP contribution in [0.25, 0.3) is 0 Å². The fourth-order valence-corrected chi connectivity index (χ4v) is 0.925. The molecule has 16 heavy (non-hydrogen) atoms. The quantitative estimate of drug-likeness (QED) is 0.401. The van der Waals surface area contributed by atoms with Crippen LogP contribution < -0.4 is 0 Å². The molecule has 0 saturated heterocycles. The second kappa shape index (κ2) is 7.16. The number of aromatic hydroxyl groups is 2. The normalized spacial score (nSPS) is 8.50. The minimum absolute atomic E-state index is 0. The maximum absolute atomic E-state index is 10.4. The molecule has 0 aliphatic rings. The van der Waals surface area contributed by atoms with Crippen molar-refractivity contribution in [3.63, 3.8) is 0 Å². The van der Waals surface area contributed by atoms with Gasteiger partial charge >= 0.3 is 71.1 Å². The first-order valence-corrected chi connectivity index (χ1v) is 3.46. The van der Waals surface area contributed by atoms with Gasteiger partial charge in [-0.05, 0) is 12.1 Å². The van der Waals surface area contributed by atoms with Crippen molar-refractivity contribution in [2.75, 3.05) is 0 Å². The van der Waals surface area contributed by atoms with Crippen LogP contribution in [0.5, 0.6) is 11.5 Å². The van der Waals surface area contributed by atoms with Crippen molar-refractivity contribution in [2.45, 2.75) is 0 Å². The Labute approximate surface area is 134 Å². The molecule has 1 aromatic rings. The van der Waals surface area contributed by atoms with Gasteiger partial charge in [0.25, 0.3) is 0 Å². The van der Waals surface area contributed by atoms with Crippen LogP contribution in [0.4, 0.5) is 0 Å². The van der Waals surface area contributed by atoms with E-state index in [1.54, 1.807) is 0 Å². The van der Waals surface area contributed by atoms with E-state index < -0.39 is 34.6 Å². The zero-order chi connectivity index (χ0) is 10.9. The number of aromatic carboxylic acids is 2. The molecule has 0 saturated carbocycles. The summed E-state index contributed by atoms with van der Waals surface area (Å²) in [5, 5.41) is 35.2. The van der Waals surface area contributed by atoms with Gasteiger partial charge in [0.1, 0.15) is 11.1 Å². The molecular formula is C8H8Na2O6. The average molecular weight is 246 g/mol. The summed E-state index contributed by atoms with van der Waals surface area (Å²) in [4.78, 5) is 20.9. The Bertz CT molecular complexity index is 378. The first-order chi connectivity index (χ1) is 6.45. The molecule has 0 aliphatic carbocycles. The monoisotopic (exact) mass is 246 g/mol. The van der Waals surface area contributed by atoms with Crippen LogP contribution in [-0.2, 0) is 0 Å². The van der Waals surface area contributed by atoms with E-state index in [-0.39, 0.29) is 59.1 Å². The summed E-state index contributed by atoms with van der Waals surface area (Å²) in [6.45, 7) is 0. The van der Waals surface area contributed by atoms with Crippen LogP contribution in [0.2, 0.25) is 0 Å². The number of hydrogen-bond acceptors (Lipinski definition) is 4. The molecule has 4 N–H and O–H groups in total. The molecule has 0 spiro atoms. The van der Waals surface area contributed by atoms with Crippen molar-refractivity contribution in [1.82, 2.24) is 0 Å². The summed E-state index contributed by atoms with van der Waals surface area (Å²) >= 11 is 0. The van der Waals surface area contributed by atoms with E-state index in [4.69, 9.17) is 20.4 Å². The minimum atomic E-state index is -1.45. The molecule has 78 valence electrons. The Kier molecular flexibility index (Phi) is 8.11. The van der Waals surface area contributed by atoms with Gasteiger partial charge in [-0.2, -0.15) is 0 Å². The summed E-state index contributed by atoms with van der Waals surface area (Å²) in [5.74, 6) is -4.79. The molecule has 0 radical (unpaired) electrons. The van der Waals surface area contributed by atoms with Crippen LogP contribution in [0, 0.1) is 0 Å². The zero-order valence-electron chi connectivity index (χ0n) is 6.76. The molecule has 0 amide bonds. The van der Waals surface area contributed by atoms with E-state index in [2.05, 4.69) is 0 Å². The van der Waals surface area contributed by atoms with Gasteiger partial charge in [0, 0.05) is 0 Å². The number of benzene rings is 1. The molecule has 0 aromatic heterocycles. The molecule has 0 heterocycles. The third-order valence-corrected chi connectivity index (χ3v) is 1.61. The summed E-state index contributed by atoms with van der Waals surface area (Å²) < 4.78 is 0. The molecule has 0 unspecified atom stereocenters. The standard InChI is InChI=1S/C8H6O6.2Na.2H/c9-5-3(7(11)12)1-2-4(6(5)10)8(13)14;;;;/h1-2,9-10H,(H,11,12)(H,13,14);;;;. The number of phenols is 2. The van der Waals surface area contributed by atoms with Gasteiger partial charge in [-0.1, -0.05) is 0 Å². The van der Waals surface area contributed by atoms with Crippen molar-refractivity contribution in [3.05, 3.63) is 23.3 Å². The van der Waals surface area contributed by atoms with E-state index in [0.717, 1.165) is 12.1 Å². The third kappa shape index (κ3) is 3.65. The number of carboxylic acids is 2. The topological polar surface area (TPSA) is 115 Å². The van der Waals surface area contributed by atoms with Gasteiger partial charge in [-0.3, -0.25) is 0 Å². The van der Waals surface area contributed by atoms with E-state index in [1.807, 2.05) is 0 Å². The van der Waals surface area contributed by atoms with Crippen molar-refractivity contribution in [1.29, 1.82) is 0 Å². The molecule has 6 nitrogen and oxygen atoms in total. The molecular weight excluding hydrogens is 238 g/mol. The Hall–Kier alpha value is -0.240. The van der Waals surface area contributed by atoms with Crippen LogP contribution >= 0.6 is 0 Å². The van der Waals surface area contributed by atoms with Gasteiger partial charge in [-0.25, -0.2) is 9.59 Å². The molecule has 0 bridgehead atoms. The van der Waals surface area contributed by atoms with Gasteiger partial charge in [0.15, 0.2) is 11.5 Å². The average Bonchev–Trinajstić information content (AvgIpc) is 2.08. The third-order valence-electron chi connectivity index (χ3n) is 1.61. The van der Waals surface area contributed by atoms with E-state index in [1.165, 1.54) is 0 Å². The summed E-state index contributed by atoms with van der Waals surface area (Å²) in [5.41, 5.74) is -1.10. The summed E-state index contributed by atoms with van der Waals surface area (Å²) in [7, 11) is 0. The second-order valence-corrected chi connectivity index (χ2v) is 2.47. The Morgan fingerprint density at radius 1 is 0.812 bits per heavy atom. The summed E-state index contributed by atoms with van der Waals surface area (Å²) in [6.07, 6.45) is 0. The van der Waals surface area contributed by atoms with E-state index in [0.29, 0.717) is 0 Å². The van der Waals surface area contributed by atoms with Crippen LogP contribution in [0.15, 0.2) is 12.1 Å². The Morgan fingerprint density at radius 2 is 1.06 bits per heavy atom. The molecule has 8 heteroatoms. The van der Waals surface area contributed by atoms with Crippen molar-refractivity contribution >= 4 is 71.1 Å². The number of carbonyl (C=O) groups is 2. The van der Waals surface area contributed by atoms with Crippen LogP contribution in [-0.4, -0.2) is 91.5 Å². The fourth-order valence-electron chi connectivity index (χ4n) is 0.925. The van der Waals surface area contributed by atoms with Gasteiger partial charge in [0.2, 0.25) is 0 Å². The van der Waals surface area contributed by atoms with Crippen molar-refractivity contribution in [2.24, 2.45) is 0 Å². The first kappa shape index (κ1) is 18.1. The van der Waals surface area contributed by atoms with Crippen LogP contribution in [0.3, 0.4) is 0 Å². The second-order valence-electron chi connectivity index (χ2n) is 2.47. The SMILES string of the molecule is O=C(O)c1ccc(C(=O)O)c(O)c1O.[NaH].[NaH]. The fraction of sp³-hybridized carbons (Fsp3) is 0.